The molecule has 0 aromatic carbocycles. The number of nitrogens with one attached hydrogen (secondary N) is 3. The topological polar surface area (TPSA) is 84.6 Å². The molecule has 0 saturated heterocycles. The van der Waals surface area contributed by atoms with Crippen LogP contribution >= 0.6 is 0 Å². The lowest BCUT2D eigenvalue weighted by Gasteiger charge is -2.11. The van der Waals surface area contributed by atoms with Crippen molar-refractivity contribution in [1.82, 2.24) is 19.5 Å². The standard InChI is InChI=1S/C19H21N7/c1-25(2)12-10-22-19-18(16-5-3-4-11-26(16)24-19)23-15-7-6-14-13(17(15)20)8-9-21-14/h3-9,11,20-21H,10,12H2,1-2H3,(H,22,24). The number of aromatic nitrogens is 3. The van der Waals surface area contributed by atoms with Gasteiger partial charge in [0.2, 0.25) is 0 Å². The summed E-state index contributed by atoms with van der Waals surface area (Å²) < 4.78 is 1.81. The van der Waals surface area contributed by atoms with Crippen molar-refractivity contribution in [3.8, 4) is 0 Å². The van der Waals surface area contributed by atoms with Crippen molar-refractivity contribution in [2.45, 2.75) is 0 Å². The molecular weight excluding hydrogens is 326 g/mol. The van der Waals surface area contributed by atoms with Crippen LogP contribution in [0.4, 0.5) is 11.5 Å². The molecule has 7 heteroatoms. The van der Waals surface area contributed by atoms with Gasteiger partial charge in [-0.1, -0.05) is 6.07 Å². The minimum Gasteiger partial charge on any atom is -0.365 e. The zero-order valence-corrected chi connectivity index (χ0v) is 14.8. The van der Waals surface area contributed by atoms with Crippen LogP contribution in [-0.2, 0) is 0 Å². The van der Waals surface area contributed by atoms with Crippen molar-refractivity contribution in [3.05, 3.63) is 54.0 Å². The molecule has 1 aliphatic rings. The van der Waals surface area contributed by atoms with Gasteiger partial charge in [-0.3, -0.25) is 5.41 Å². The second-order valence-corrected chi connectivity index (χ2v) is 6.47. The van der Waals surface area contributed by atoms with Gasteiger partial charge < -0.3 is 15.2 Å². The molecule has 3 N–H and O–H groups in total. The van der Waals surface area contributed by atoms with E-state index in [1.54, 1.807) is 0 Å². The summed E-state index contributed by atoms with van der Waals surface area (Å²) in [5, 5.41) is 16.4. The third kappa shape index (κ3) is 2.93. The molecule has 0 bridgehead atoms. The number of pyridine rings is 1. The van der Waals surface area contributed by atoms with Gasteiger partial charge in [-0.25, -0.2) is 9.51 Å². The number of aromatic amines is 1. The summed E-state index contributed by atoms with van der Waals surface area (Å²) in [6.07, 6.45) is 7.58. The monoisotopic (exact) mass is 347 g/mol. The van der Waals surface area contributed by atoms with E-state index < -0.39 is 0 Å². The molecule has 0 radical (unpaired) electrons. The van der Waals surface area contributed by atoms with Crippen molar-refractivity contribution >= 4 is 34.5 Å². The van der Waals surface area contributed by atoms with Crippen LogP contribution in [0.2, 0.25) is 0 Å². The van der Waals surface area contributed by atoms with Crippen LogP contribution in [-0.4, -0.2) is 58.1 Å². The Bertz CT molecular complexity index is 1020. The number of H-pyrrole nitrogens is 1. The number of hydrogen-bond donors (Lipinski definition) is 3. The van der Waals surface area contributed by atoms with Gasteiger partial charge in [0.25, 0.3) is 0 Å². The van der Waals surface area contributed by atoms with Crippen molar-refractivity contribution in [2.24, 2.45) is 4.99 Å². The predicted octanol–water partition coefficient (Wildman–Crippen LogP) is 2.80. The highest BCUT2D eigenvalue weighted by molar-refractivity contribution is 6.53. The van der Waals surface area contributed by atoms with Crippen LogP contribution in [0, 0.1) is 5.41 Å². The third-order valence-electron chi connectivity index (χ3n) is 4.31. The van der Waals surface area contributed by atoms with E-state index in [9.17, 15) is 0 Å². The van der Waals surface area contributed by atoms with Gasteiger partial charge in [-0.2, -0.15) is 0 Å². The van der Waals surface area contributed by atoms with E-state index in [-0.39, 0.29) is 0 Å². The molecule has 7 nitrogen and oxygen atoms in total. The largest absolute Gasteiger partial charge is 0.365 e. The maximum absolute atomic E-state index is 8.46. The molecule has 0 unspecified atom stereocenters. The van der Waals surface area contributed by atoms with E-state index >= 15 is 0 Å². The summed E-state index contributed by atoms with van der Waals surface area (Å²) in [7, 11) is 4.07. The highest BCUT2D eigenvalue weighted by Crippen LogP contribution is 2.31. The molecular formula is C19H21N7. The van der Waals surface area contributed by atoms with Gasteiger partial charge in [0.1, 0.15) is 5.69 Å². The average Bonchev–Trinajstić information content (AvgIpc) is 3.23. The summed E-state index contributed by atoms with van der Waals surface area (Å²) in [4.78, 5) is 10.0. The molecule has 3 aromatic heterocycles. The maximum atomic E-state index is 8.46. The Kier molecular flexibility index (Phi) is 4.14. The van der Waals surface area contributed by atoms with E-state index in [1.165, 1.54) is 0 Å². The number of rotatable bonds is 5. The quantitative estimate of drug-likeness (QED) is 0.663. The molecule has 0 spiro atoms. The van der Waals surface area contributed by atoms with Crippen LogP contribution in [0.25, 0.3) is 11.6 Å². The van der Waals surface area contributed by atoms with E-state index in [1.807, 2.05) is 67.4 Å². The van der Waals surface area contributed by atoms with E-state index in [0.717, 1.165) is 41.4 Å². The van der Waals surface area contributed by atoms with Crippen LogP contribution in [0.1, 0.15) is 11.3 Å². The van der Waals surface area contributed by atoms with Crippen molar-refractivity contribution < 1.29 is 0 Å². The first kappa shape index (κ1) is 16.3. The highest BCUT2D eigenvalue weighted by Gasteiger charge is 2.19. The SMILES string of the molecule is CN(C)CCNc1nn2ccccc2c1N=C1C=Cc2[nH]ccc2C1=N. The smallest absolute Gasteiger partial charge is 0.175 e. The van der Waals surface area contributed by atoms with E-state index in [0.29, 0.717) is 11.4 Å². The Labute approximate surface area is 151 Å². The first-order valence-electron chi connectivity index (χ1n) is 8.53. The minimum absolute atomic E-state index is 0.415. The number of fused-ring (bicyclic) bond motifs is 2. The zero-order valence-electron chi connectivity index (χ0n) is 14.8. The highest BCUT2D eigenvalue weighted by atomic mass is 15.3. The molecule has 0 aliphatic heterocycles. The lowest BCUT2D eigenvalue weighted by atomic mass is 10.0. The van der Waals surface area contributed by atoms with Crippen molar-refractivity contribution in [3.63, 3.8) is 0 Å². The summed E-state index contributed by atoms with van der Waals surface area (Å²) in [5.41, 5.74) is 4.52. The Balaban J connectivity index is 1.74. The normalized spacial score (nSPS) is 15.2. The molecule has 0 atom stereocenters. The lowest BCUT2D eigenvalue weighted by Crippen LogP contribution is -2.21. The Morgan fingerprint density at radius 1 is 1.27 bits per heavy atom. The van der Waals surface area contributed by atoms with Crippen molar-refractivity contribution in [2.75, 3.05) is 32.5 Å². The third-order valence-corrected chi connectivity index (χ3v) is 4.31. The lowest BCUT2D eigenvalue weighted by molar-refractivity contribution is 0.425. The second kappa shape index (κ2) is 6.61. The summed E-state index contributed by atoms with van der Waals surface area (Å²) >= 11 is 0. The molecule has 0 saturated carbocycles. The average molecular weight is 347 g/mol. The molecule has 0 fully saturated rings. The van der Waals surface area contributed by atoms with Crippen LogP contribution < -0.4 is 5.32 Å². The fourth-order valence-electron chi connectivity index (χ4n) is 2.95. The van der Waals surface area contributed by atoms with Crippen LogP contribution in [0.15, 0.2) is 47.7 Å². The van der Waals surface area contributed by atoms with E-state index in [4.69, 9.17) is 10.4 Å². The second-order valence-electron chi connectivity index (χ2n) is 6.47. The van der Waals surface area contributed by atoms with E-state index in [2.05, 4.69) is 20.3 Å². The molecule has 1 aliphatic carbocycles. The number of likely N-dealkylation sites (N-methyl/N-ethyl adjacent to an activating group) is 1. The van der Waals surface area contributed by atoms with Gasteiger partial charge in [0.05, 0.1) is 16.9 Å². The van der Waals surface area contributed by atoms with Gasteiger partial charge in [0, 0.05) is 36.7 Å². The fourth-order valence-corrected chi connectivity index (χ4v) is 2.95. The Hall–Kier alpha value is -3.19. The molecule has 132 valence electrons. The van der Waals surface area contributed by atoms with Crippen molar-refractivity contribution in [1.29, 1.82) is 5.41 Å². The number of aliphatic imine (C=N–C) groups is 1. The maximum Gasteiger partial charge on any atom is 0.175 e. The van der Waals surface area contributed by atoms with Gasteiger partial charge in [-0.15, -0.1) is 5.10 Å². The Morgan fingerprint density at radius 2 is 2.15 bits per heavy atom. The van der Waals surface area contributed by atoms with Crippen LogP contribution in [0.3, 0.4) is 0 Å². The molecule has 3 heterocycles. The summed E-state index contributed by atoms with van der Waals surface area (Å²) in [6, 6.07) is 7.80. The number of nitrogens with zero attached hydrogens (tertiary/aromatic N) is 4. The zero-order chi connectivity index (χ0) is 18.1. The van der Waals surface area contributed by atoms with Gasteiger partial charge in [-0.05, 0) is 44.4 Å². The molecule has 3 aromatic rings. The Morgan fingerprint density at radius 3 is 3.00 bits per heavy atom. The van der Waals surface area contributed by atoms with Gasteiger partial charge in [0.15, 0.2) is 5.82 Å². The number of anilines is 1. The number of allylic oxidation sites excluding steroid dienone is 1. The first-order chi connectivity index (χ1) is 12.6. The summed E-state index contributed by atoms with van der Waals surface area (Å²) in [6.45, 7) is 1.66. The molecule has 0 amide bonds. The fraction of sp³-hybridized carbons (Fsp3) is 0.211. The van der Waals surface area contributed by atoms with Crippen LogP contribution in [0.5, 0.6) is 0 Å². The molecule has 4 rings (SSSR count). The van der Waals surface area contributed by atoms with Gasteiger partial charge >= 0.3 is 0 Å². The minimum atomic E-state index is 0.415. The molecule has 26 heavy (non-hydrogen) atoms. The number of hydrogen-bond acceptors (Lipinski definition) is 5. The predicted molar refractivity (Wildman–Crippen MR) is 106 cm³/mol. The summed E-state index contributed by atoms with van der Waals surface area (Å²) in [5.74, 6) is 0.728. The first-order valence-corrected chi connectivity index (χ1v) is 8.53.